The summed E-state index contributed by atoms with van der Waals surface area (Å²) in [6, 6.07) is 7.83. The van der Waals surface area contributed by atoms with Crippen LogP contribution in [0.5, 0.6) is 0 Å². The average Bonchev–Trinajstić information content (AvgIpc) is 2.67. The molecule has 3 heteroatoms. The van der Waals surface area contributed by atoms with Crippen molar-refractivity contribution in [3.8, 4) is 0 Å². The van der Waals surface area contributed by atoms with Crippen LogP contribution in [0.1, 0.15) is 40.2 Å². The van der Waals surface area contributed by atoms with Crippen molar-refractivity contribution in [2.75, 3.05) is 0 Å². The predicted octanol–water partition coefficient (Wildman–Crippen LogP) is 3.29. The Bertz CT molecular complexity index is 935. The second kappa shape index (κ2) is 10.6. The number of benzene rings is 2. The van der Waals surface area contributed by atoms with Crippen molar-refractivity contribution in [2.45, 2.75) is 34.6 Å². The van der Waals surface area contributed by atoms with E-state index in [2.05, 4.69) is 6.58 Å². The summed E-state index contributed by atoms with van der Waals surface area (Å²) in [6.45, 7) is 13.7. The van der Waals surface area contributed by atoms with E-state index in [-0.39, 0.29) is 0 Å². The smallest absolute Gasteiger partial charge is 0.423 e. The monoisotopic (exact) mass is 348 g/mol. The van der Waals surface area contributed by atoms with Crippen molar-refractivity contribution in [2.24, 2.45) is 0 Å². The standard InChI is InChI=1S/C21H23BO2.C2H6/c1-5-11-15(12-6-2)20-16(7-3)17(8-4)21(22(23)24)19-14-10-9-13-18(19)20;1-2/h5-14,23-24H,1H2,2-4H3;1-2H3/b12-6-,15-11+,16-7+,17-8+;. The van der Waals surface area contributed by atoms with E-state index in [0.29, 0.717) is 5.46 Å². The molecule has 0 atom stereocenters. The van der Waals surface area contributed by atoms with Crippen LogP contribution in [0, 0.1) is 0 Å². The molecule has 2 aromatic carbocycles. The molecule has 2 aromatic rings. The fourth-order valence-electron chi connectivity index (χ4n) is 3.23. The van der Waals surface area contributed by atoms with Gasteiger partial charge in [0.1, 0.15) is 0 Å². The Morgan fingerprint density at radius 3 is 2.00 bits per heavy atom. The zero-order chi connectivity index (χ0) is 19.7. The van der Waals surface area contributed by atoms with Gasteiger partial charge in [-0.25, -0.2) is 0 Å². The molecular formula is C23H29BO2. The predicted molar refractivity (Wildman–Crippen MR) is 118 cm³/mol. The number of rotatable bonds is 4. The van der Waals surface area contributed by atoms with Gasteiger partial charge in [0.2, 0.25) is 0 Å². The molecule has 0 radical (unpaired) electrons. The van der Waals surface area contributed by atoms with E-state index in [9.17, 15) is 10.0 Å². The largest absolute Gasteiger partial charge is 0.489 e. The van der Waals surface area contributed by atoms with Gasteiger partial charge in [-0.3, -0.25) is 0 Å². The Kier molecular flexibility index (Phi) is 8.84. The van der Waals surface area contributed by atoms with Gasteiger partial charge in [-0.05, 0) is 58.6 Å². The van der Waals surface area contributed by atoms with Crippen LogP contribution < -0.4 is 15.9 Å². The molecule has 2 nitrogen and oxygen atoms in total. The SMILES string of the molecule is C=C/C=C(\C=C/C)c1c(=C/C)/c(=C\C)c(B(O)O)c2ccccc12.CC. The quantitative estimate of drug-likeness (QED) is 0.658. The summed E-state index contributed by atoms with van der Waals surface area (Å²) in [7, 11) is -1.53. The Morgan fingerprint density at radius 1 is 0.962 bits per heavy atom. The maximum Gasteiger partial charge on any atom is 0.489 e. The summed E-state index contributed by atoms with van der Waals surface area (Å²) in [6.07, 6.45) is 11.7. The molecule has 0 aliphatic rings. The minimum Gasteiger partial charge on any atom is -0.423 e. The first-order chi connectivity index (χ1) is 12.6. The number of hydrogen-bond acceptors (Lipinski definition) is 2. The van der Waals surface area contributed by atoms with Gasteiger partial charge in [0.25, 0.3) is 0 Å². The Morgan fingerprint density at radius 2 is 1.54 bits per heavy atom. The lowest BCUT2D eigenvalue weighted by Crippen LogP contribution is -2.50. The van der Waals surface area contributed by atoms with Crippen molar-refractivity contribution in [1.29, 1.82) is 0 Å². The molecule has 0 saturated carbocycles. The lowest BCUT2D eigenvalue weighted by Gasteiger charge is -2.15. The Labute approximate surface area is 157 Å². The summed E-state index contributed by atoms with van der Waals surface area (Å²) in [4.78, 5) is 0. The molecule has 0 bridgehead atoms. The molecule has 2 rings (SSSR count). The zero-order valence-corrected chi connectivity index (χ0v) is 16.5. The first-order valence-electron chi connectivity index (χ1n) is 9.09. The summed E-state index contributed by atoms with van der Waals surface area (Å²) in [5.41, 5.74) is 2.66. The highest BCUT2D eigenvalue weighted by atomic mass is 16.4. The zero-order valence-electron chi connectivity index (χ0n) is 16.5. The van der Waals surface area contributed by atoms with E-state index in [1.165, 1.54) is 0 Å². The number of allylic oxidation sites excluding steroid dienone is 5. The lowest BCUT2D eigenvalue weighted by atomic mass is 9.73. The highest BCUT2D eigenvalue weighted by Gasteiger charge is 2.20. The van der Waals surface area contributed by atoms with E-state index >= 15 is 0 Å². The number of hydrogen-bond donors (Lipinski definition) is 2. The summed E-state index contributed by atoms with van der Waals surface area (Å²) < 4.78 is 0. The van der Waals surface area contributed by atoms with Crippen molar-refractivity contribution >= 4 is 41.1 Å². The highest BCUT2D eigenvalue weighted by molar-refractivity contribution is 6.62. The van der Waals surface area contributed by atoms with Crippen molar-refractivity contribution < 1.29 is 10.0 Å². The second-order valence-electron chi connectivity index (χ2n) is 5.47. The fraction of sp³-hybridized carbons (Fsp3) is 0.217. The van der Waals surface area contributed by atoms with Crippen molar-refractivity contribution in [3.63, 3.8) is 0 Å². The topological polar surface area (TPSA) is 40.5 Å². The number of fused-ring (bicyclic) bond motifs is 1. The first kappa shape index (κ1) is 21.7. The molecule has 0 unspecified atom stereocenters. The van der Waals surface area contributed by atoms with Crippen LogP contribution in [0.4, 0.5) is 0 Å². The molecule has 0 aliphatic carbocycles. The Hall–Kier alpha value is -2.36. The molecule has 0 spiro atoms. The second-order valence-corrected chi connectivity index (χ2v) is 5.47. The molecule has 0 saturated heterocycles. The molecule has 0 amide bonds. The van der Waals surface area contributed by atoms with Gasteiger partial charge >= 0.3 is 7.12 Å². The van der Waals surface area contributed by atoms with Gasteiger partial charge in [-0.1, -0.05) is 81.1 Å². The normalized spacial score (nSPS) is 13.1. The first-order valence-corrected chi connectivity index (χ1v) is 9.09. The molecule has 0 aromatic heterocycles. The minimum absolute atomic E-state index is 0.545. The van der Waals surface area contributed by atoms with Gasteiger partial charge in [0, 0.05) is 0 Å². The average molecular weight is 348 g/mol. The van der Waals surface area contributed by atoms with Crippen LogP contribution in [0.15, 0.2) is 55.1 Å². The third-order valence-corrected chi connectivity index (χ3v) is 4.10. The van der Waals surface area contributed by atoms with Gasteiger partial charge in [0.05, 0.1) is 0 Å². The molecule has 0 heterocycles. The van der Waals surface area contributed by atoms with Crippen LogP contribution in [0.2, 0.25) is 0 Å². The third-order valence-electron chi connectivity index (χ3n) is 4.10. The summed E-state index contributed by atoms with van der Waals surface area (Å²) >= 11 is 0. The van der Waals surface area contributed by atoms with E-state index in [1.807, 2.05) is 89.3 Å². The molecule has 0 aliphatic heterocycles. The van der Waals surface area contributed by atoms with E-state index in [0.717, 1.165) is 32.3 Å². The third kappa shape index (κ3) is 4.24. The van der Waals surface area contributed by atoms with Crippen LogP contribution >= 0.6 is 0 Å². The van der Waals surface area contributed by atoms with E-state index < -0.39 is 7.12 Å². The highest BCUT2D eigenvalue weighted by Crippen LogP contribution is 2.22. The molecular weight excluding hydrogens is 319 g/mol. The Balaban J connectivity index is 0.00000163. The maximum atomic E-state index is 9.97. The molecule has 2 N–H and O–H groups in total. The van der Waals surface area contributed by atoms with Crippen molar-refractivity contribution in [3.05, 3.63) is 71.1 Å². The van der Waals surface area contributed by atoms with Gasteiger partial charge in [-0.2, -0.15) is 0 Å². The van der Waals surface area contributed by atoms with Gasteiger partial charge in [-0.15, -0.1) is 0 Å². The van der Waals surface area contributed by atoms with Crippen LogP contribution in [-0.4, -0.2) is 17.2 Å². The lowest BCUT2D eigenvalue weighted by molar-refractivity contribution is 0.426. The van der Waals surface area contributed by atoms with Crippen LogP contribution in [-0.2, 0) is 0 Å². The summed E-state index contributed by atoms with van der Waals surface area (Å²) in [5, 5.41) is 23.6. The maximum absolute atomic E-state index is 9.97. The van der Waals surface area contributed by atoms with Crippen LogP contribution in [0.3, 0.4) is 0 Å². The van der Waals surface area contributed by atoms with Gasteiger partial charge in [0.15, 0.2) is 0 Å². The van der Waals surface area contributed by atoms with Crippen LogP contribution in [0.25, 0.3) is 28.5 Å². The van der Waals surface area contributed by atoms with E-state index in [1.54, 1.807) is 6.08 Å². The minimum atomic E-state index is -1.53. The van der Waals surface area contributed by atoms with Crippen molar-refractivity contribution in [1.82, 2.24) is 0 Å². The summed E-state index contributed by atoms with van der Waals surface area (Å²) in [5.74, 6) is 0. The molecule has 26 heavy (non-hydrogen) atoms. The van der Waals surface area contributed by atoms with E-state index in [4.69, 9.17) is 0 Å². The molecule has 0 fully saturated rings. The van der Waals surface area contributed by atoms with Gasteiger partial charge < -0.3 is 10.0 Å². The fourth-order valence-corrected chi connectivity index (χ4v) is 3.23. The molecule has 136 valence electrons.